The SMILES string of the molecule is CN(C)CCc1cnc(C(F)(F)F)c(Nc2ncc3c(n2)-c2ccc(Cl)cc2NC(=O)C3)c1. The topological polar surface area (TPSA) is 83.0 Å². The van der Waals surface area contributed by atoms with Crippen LogP contribution >= 0.6 is 11.6 Å². The van der Waals surface area contributed by atoms with Gasteiger partial charge in [0.25, 0.3) is 0 Å². The van der Waals surface area contributed by atoms with Gasteiger partial charge >= 0.3 is 6.18 Å². The van der Waals surface area contributed by atoms with Gasteiger partial charge in [-0.25, -0.2) is 15.0 Å². The molecule has 2 aromatic heterocycles. The van der Waals surface area contributed by atoms with Gasteiger partial charge in [0, 0.05) is 35.1 Å². The zero-order chi connectivity index (χ0) is 23.8. The van der Waals surface area contributed by atoms with E-state index < -0.39 is 11.9 Å². The third-order valence-electron chi connectivity index (χ3n) is 5.03. The third-order valence-corrected chi connectivity index (χ3v) is 5.27. The number of aromatic nitrogens is 3. The number of fused-ring (bicyclic) bond motifs is 3. The van der Waals surface area contributed by atoms with E-state index in [1.807, 2.05) is 19.0 Å². The van der Waals surface area contributed by atoms with Crippen molar-refractivity contribution in [1.82, 2.24) is 19.9 Å². The largest absolute Gasteiger partial charge is 0.435 e. The number of benzene rings is 1. The Morgan fingerprint density at radius 3 is 2.70 bits per heavy atom. The van der Waals surface area contributed by atoms with Gasteiger partial charge in [0.15, 0.2) is 5.69 Å². The van der Waals surface area contributed by atoms with Crippen molar-refractivity contribution in [3.05, 3.63) is 58.5 Å². The number of anilines is 3. The van der Waals surface area contributed by atoms with Crippen molar-refractivity contribution in [2.45, 2.75) is 19.0 Å². The van der Waals surface area contributed by atoms with Crippen LogP contribution < -0.4 is 10.6 Å². The molecule has 0 radical (unpaired) electrons. The van der Waals surface area contributed by atoms with Gasteiger partial charge in [-0.3, -0.25) is 4.79 Å². The number of alkyl halides is 3. The van der Waals surface area contributed by atoms with Crippen molar-refractivity contribution in [2.75, 3.05) is 31.3 Å². The molecule has 3 heterocycles. The van der Waals surface area contributed by atoms with Gasteiger partial charge in [-0.05, 0) is 50.3 Å². The molecule has 1 aromatic carbocycles. The molecule has 172 valence electrons. The summed E-state index contributed by atoms with van der Waals surface area (Å²) in [6.07, 6.45) is -1.44. The van der Waals surface area contributed by atoms with E-state index in [1.54, 1.807) is 18.2 Å². The van der Waals surface area contributed by atoms with Crippen LogP contribution in [0.4, 0.5) is 30.5 Å². The van der Waals surface area contributed by atoms with Crippen molar-refractivity contribution < 1.29 is 18.0 Å². The fraction of sp³-hybridized carbons (Fsp3) is 0.273. The van der Waals surface area contributed by atoms with Crippen molar-refractivity contribution in [2.24, 2.45) is 0 Å². The van der Waals surface area contributed by atoms with Gasteiger partial charge < -0.3 is 15.5 Å². The van der Waals surface area contributed by atoms with Crippen LogP contribution in [0, 0.1) is 0 Å². The van der Waals surface area contributed by atoms with Crippen LogP contribution in [0.2, 0.25) is 5.02 Å². The summed E-state index contributed by atoms with van der Waals surface area (Å²) < 4.78 is 40.8. The molecule has 0 atom stereocenters. The predicted octanol–water partition coefficient (Wildman–Crippen LogP) is 4.55. The molecule has 3 aromatic rings. The molecule has 4 rings (SSSR count). The van der Waals surface area contributed by atoms with Crippen LogP contribution in [0.15, 0.2) is 36.7 Å². The summed E-state index contributed by atoms with van der Waals surface area (Å²) in [4.78, 5) is 26.4. The molecular weight excluding hydrogens is 457 g/mol. The summed E-state index contributed by atoms with van der Waals surface area (Å²) in [6, 6.07) is 6.35. The van der Waals surface area contributed by atoms with Crippen LogP contribution in [0.5, 0.6) is 0 Å². The van der Waals surface area contributed by atoms with E-state index in [0.717, 1.165) is 0 Å². The second-order valence-electron chi connectivity index (χ2n) is 7.90. The molecule has 0 bridgehead atoms. The molecule has 0 saturated heterocycles. The summed E-state index contributed by atoms with van der Waals surface area (Å²) in [5.74, 6) is -0.306. The highest BCUT2D eigenvalue weighted by molar-refractivity contribution is 6.31. The Hall–Kier alpha value is -3.24. The zero-order valence-corrected chi connectivity index (χ0v) is 18.6. The first-order chi connectivity index (χ1) is 15.6. The Morgan fingerprint density at radius 1 is 1.18 bits per heavy atom. The molecule has 0 fully saturated rings. The minimum absolute atomic E-state index is 0.0251. The van der Waals surface area contributed by atoms with Gasteiger partial charge in [-0.1, -0.05) is 11.6 Å². The van der Waals surface area contributed by atoms with Crippen molar-refractivity contribution in [3.8, 4) is 11.3 Å². The van der Waals surface area contributed by atoms with E-state index in [4.69, 9.17) is 11.6 Å². The van der Waals surface area contributed by atoms with Gasteiger partial charge in [-0.15, -0.1) is 0 Å². The minimum atomic E-state index is -4.66. The predicted molar refractivity (Wildman–Crippen MR) is 120 cm³/mol. The summed E-state index contributed by atoms with van der Waals surface area (Å²) in [7, 11) is 3.76. The Kier molecular flexibility index (Phi) is 6.22. The van der Waals surface area contributed by atoms with Crippen molar-refractivity contribution >= 4 is 34.8 Å². The van der Waals surface area contributed by atoms with E-state index in [-0.39, 0.29) is 24.0 Å². The summed E-state index contributed by atoms with van der Waals surface area (Å²) in [5.41, 5.74) is 1.40. The smallest absolute Gasteiger partial charge is 0.325 e. The van der Waals surface area contributed by atoms with E-state index in [1.165, 1.54) is 18.5 Å². The number of nitrogens with one attached hydrogen (secondary N) is 2. The number of nitrogens with zero attached hydrogens (tertiary/aromatic N) is 4. The fourth-order valence-corrected chi connectivity index (χ4v) is 3.63. The molecule has 2 N–H and O–H groups in total. The second kappa shape index (κ2) is 8.95. The molecule has 0 aliphatic carbocycles. The van der Waals surface area contributed by atoms with Crippen molar-refractivity contribution in [3.63, 3.8) is 0 Å². The number of halogens is 4. The highest BCUT2D eigenvalue weighted by Crippen LogP contribution is 2.37. The monoisotopic (exact) mass is 476 g/mol. The van der Waals surface area contributed by atoms with Crippen LogP contribution in [0.3, 0.4) is 0 Å². The minimum Gasteiger partial charge on any atom is -0.325 e. The van der Waals surface area contributed by atoms with Gasteiger partial charge in [0.1, 0.15) is 0 Å². The lowest BCUT2D eigenvalue weighted by Crippen LogP contribution is -2.17. The Balaban J connectivity index is 1.74. The molecule has 1 aliphatic heterocycles. The molecular formula is C22H20ClF3N6O. The number of hydrogen-bond acceptors (Lipinski definition) is 6. The lowest BCUT2D eigenvalue weighted by atomic mass is 10.1. The maximum absolute atomic E-state index is 13.6. The fourth-order valence-electron chi connectivity index (χ4n) is 3.46. The highest BCUT2D eigenvalue weighted by Gasteiger charge is 2.36. The van der Waals surface area contributed by atoms with Crippen LogP contribution in [0.25, 0.3) is 11.3 Å². The van der Waals surface area contributed by atoms with Crippen LogP contribution in [0.1, 0.15) is 16.8 Å². The second-order valence-corrected chi connectivity index (χ2v) is 8.33. The van der Waals surface area contributed by atoms with E-state index in [2.05, 4.69) is 25.6 Å². The normalized spacial score (nSPS) is 13.2. The molecule has 0 spiro atoms. The van der Waals surface area contributed by atoms with Crippen molar-refractivity contribution in [1.29, 1.82) is 0 Å². The molecule has 0 saturated carbocycles. The standard InChI is InChI=1S/C22H20ClF3N6O/c1-32(2)6-5-12-7-17(20(27-10-12)22(24,25)26)30-21-28-11-13-8-18(33)29-16-9-14(23)3-4-15(16)19(13)31-21/h3-4,7,9-11H,5-6,8H2,1-2H3,(H,29,33)(H,28,30,31). The number of amides is 1. The molecule has 11 heteroatoms. The van der Waals surface area contributed by atoms with E-state index in [9.17, 15) is 18.0 Å². The Bertz CT molecular complexity index is 1220. The summed E-state index contributed by atoms with van der Waals surface area (Å²) in [5, 5.41) is 5.88. The number of pyridine rings is 1. The zero-order valence-electron chi connectivity index (χ0n) is 17.8. The third kappa shape index (κ3) is 5.23. The average Bonchev–Trinajstić information content (AvgIpc) is 2.86. The molecule has 1 aliphatic rings. The Labute approximate surface area is 193 Å². The lowest BCUT2D eigenvalue weighted by Gasteiger charge is -2.16. The molecule has 0 unspecified atom stereocenters. The first-order valence-corrected chi connectivity index (χ1v) is 10.4. The first-order valence-electron chi connectivity index (χ1n) is 10.0. The van der Waals surface area contributed by atoms with E-state index >= 15 is 0 Å². The number of hydrogen-bond donors (Lipinski definition) is 2. The first kappa shape index (κ1) is 22.9. The van der Waals surface area contributed by atoms with Gasteiger partial charge in [-0.2, -0.15) is 13.2 Å². The number of rotatable bonds is 5. The maximum atomic E-state index is 13.6. The van der Waals surface area contributed by atoms with E-state index in [0.29, 0.717) is 46.1 Å². The maximum Gasteiger partial charge on any atom is 0.435 e. The lowest BCUT2D eigenvalue weighted by molar-refractivity contribution is -0.140. The summed E-state index contributed by atoms with van der Waals surface area (Å²) >= 11 is 6.05. The number of carbonyl (C=O) groups is 1. The number of likely N-dealkylation sites (N-methyl/N-ethyl adjacent to an activating group) is 1. The average molecular weight is 477 g/mol. The van der Waals surface area contributed by atoms with Gasteiger partial charge in [0.05, 0.1) is 23.5 Å². The Morgan fingerprint density at radius 2 is 1.97 bits per heavy atom. The molecule has 33 heavy (non-hydrogen) atoms. The molecule has 1 amide bonds. The van der Waals surface area contributed by atoms with Crippen LogP contribution in [-0.4, -0.2) is 46.4 Å². The quantitative estimate of drug-likeness (QED) is 0.562. The number of carbonyl (C=O) groups excluding carboxylic acids is 1. The van der Waals surface area contributed by atoms with Gasteiger partial charge in [0.2, 0.25) is 11.9 Å². The highest BCUT2D eigenvalue weighted by atomic mass is 35.5. The summed E-state index contributed by atoms with van der Waals surface area (Å²) in [6.45, 7) is 0.655. The van der Waals surface area contributed by atoms with Crippen LogP contribution in [-0.2, 0) is 23.8 Å². The molecule has 7 nitrogen and oxygen atoms in total.